The van der Waals surface area contributed by atoms with E-state index in [9.17, 15) is 19.7 Å². The molecular formula is C20H15ClN6O4S2. The summed E-state index contributed by atoms with van der Waals surface area (Å²) in [6, 6.07) is 10.7. The van der Waals surface area contributed by atoms with Gasteiger partial charge in [0.2, 0.25) is 5.91 Å². The van der Waals surface area contributed by atoms with E-state index in [0.29, 0.717) is 43.3 Å². The van der Waals surface area contributed by atoms with Crippen LogP contribution >= 0.6 is 34.3 Å². The van der Waals surface area contributed by atoms with Crippen LogP contribution in [0.5, 0.6) is 0 Å². The van der Waals surface area contributed by atoms with Gasteiger partial charge in [-0.15, -0.1) is 11.3 Å². The minimum Gasteiger partial charge on any atom is -0.308 e. The van der Waals surface area contributed by atoms with Crippen LogP contribution in [0, 0.1) is 10.1 Å². The van der Waals surface area contributed by atoms with Crippen molar-refractivity contribution >= 4 is 78.1 Å². The summed E-state index contributed by atoms with van der Waals surface area (Å²) in [6.45, 7) is 0. The Hall–Kier alpha value is -3.61. The monoisotopic (exact) mass is 502 g/mol. The molecule has 4 rings (SSSR count). The second kappa shape index (κ2) is 9.90. The number of nitro benzene ring substituents is 1. The first-order valence-electron chi connectivity index (χ1n) is 9.48. The molecule has 0 aliphatic carbocycles. The van der Waals surface area contributed by atoms with Gasteiger partial charge in [-0.05, 0) is 30.7 Å². The van der Waals surface area contributed by atoms with Gasteiger partial charge in [0, 0.05) is 34.6 Å². The van der Waals surface area contributed by atoms with Crippen molar-refractivity contribution in [3.8, 4) is 0 Å². The second-order valence-electron chi connectivity index (χ2n) is 6.71. The molecule has 0 fully saturated rings. The number of hydrogen-bond acceptors (Lipinski definition) is 8. The molecule has 0 aliphatic heterocycles. The zero-order valence-corrected chi connectivity index (χ0v) is 19.1. The highest BCUT2D eigenvalue weighted by atomic mass is 35.5. The number of fused-ring (bicyclic) bond motifs is 1. The number of thiazole rings is 2. The maximum absolute atomic E-state index is 12.3. The zero-order chi connectivity index (χ0) is 23.4. The molecule has 168 valence electrons. The van der Waals surface area contributed by atoms with Crippen LogP contribution in [-0.2, 0) is 11.2 Å². The number of non-ortho nitro benzene ring substituents is 1. The van der Waals surface area contributed by atoms with E-state index in [1.54, 1.807) is 35.7 Å². The number of amides is 3. The van der Waals surface area contributed by atoms with Crippen molar-refractivity contribution in [2.45, 2.75) is 12.8 Å². The summed E-state index contributed by atoms with van der Waals surface area (Å²) in [7, 11) is 0. The molecule has 10 nitrogen and oxygen atoms in total. The number of aryl methyl sites for hydroxylation is 1. The minimum absolute atomic E-state index is 0.0294. The van der Waals surface area contributed by atoms with E-state index >= 15 is 0 Å². The van der Waals surface area contributed by atoms with Crippen LogP contribution in [0.4, 0.5) is 26.4 Å². The Bertz CT molecular complexity index is 1360. The van der Waals surface area contributed by atoms with Gasteiger partial charge >= 0.3 is 6.03 Å². The standard InChI is InChI=1S/C20H15ClN6O4S2/c21-11-2-1-3-12(8-11)22-18(29)26-19-23-13(10-32-19)4-7-17(28)25-20-24-15-6-5-14(27(30)31)9-16(15)33-20/h1-3,5-6,8-10H,4,7H2,(H,24,25,28)(H2,22,23,26,29). The third kappa shape index (κ3) is 6.00. The molecule has 3 N–H and O–H groups in total. The van der Waals surface area contributed by atoms with Crippen molar-refractivity contribution in [3.05, 3.63) is 68.7 Å². The van der Waals surface area contributed by atoms with Crippen LogP contribution in [0.3, 0.4) is 0 Å². The maximum Gasteiger partial charge on any atom is 0.325 e. The number of anilines is 3. The summed E-state index contributed by atoms with van der Waals surface area (Å²) < 4.78 is 0.616. The highest BCUT2D eigenvalue weighted by Gasteiger charge is 2.13. The van der Waals surface area contributed by atoms with Gasteiger partial charge in [0.05, 0.1) is 20.8 Å². The maximum atomic E-state index is 12.3. The third-order valence-electron chi connectivity index (χ3n) is 4.29. The summed E-state index contributed by atoms with van der Waals surface area (Å²) >= 11 is 8.31. The Kier molecular flexibility index (Phi) is 6.77. The van der Waals surface area contributed by atoms with Crippen molar-refractivity contribution < 1.29 is 14.5 Å². The number of nitrogens with zero attached hydrogens (tertiary/aromatic N) is 3. The number of aromatic nitrogens is 2. The van der Waals surface area contributed by atoms with E-state index in [1.165, 1.54) is 34.8 Å². The Morgan fingerprint density at radius 1 is 1.06 bits per heavy atom. The van der Waals surface area contributed by atoms with Gasteiger partial charge in [0.25, 0.3) is 5.69 Å². The predicted molar refractivity (Wildman–Crippen MR) is 129 cm³/mol. The molecule has 3 amide bonds. The van der Waals surface area contributed by atoms with Crippen molar-refractivity contribution in [1.82, 2.24) is 9.97 Å². The number of nitro groups is 1. The number of rotatable bonds is 7. The van der Waals surface area contributed by atoms with Gasteiger partial charge in [-0.25, -0.2) is 14.8 Å². The molecule has 0 radical (unpaired) electrons. The highest BCUT2D eigenvalue weighted by Crippen LogP contribution is 2.29. The number of hydrogen-bond donors (Lipinski definition) is 3. The molecule has 0 saturated carbocycles. The van der Waals surface area contributed by atoms with E-state index in [1.807, 2.05) is 0 Å². The fourth-order valence-electron chi connectivity index (χ4n) is 2.81. The van der Waals surface area contributed by atoms with Crippen LogP contribution in [0.25, 0.3) is 10.2 Å². The van der Waals surface area contributed by atoms with Gasteiger partial charge in [-0.3, -0.25) is 20.2 Å². The Morgan fingerprint density at radius 3 is 2.70 bits per heavy atom. The molecule has 4 aromatic rings. The summed E-state index contributed by atoms with van der Waals surface area (Å²) in [5.74, 6) is -0.259. The summed E-state index contributed by atoms with van der Waals surface area (Å²) in [5.41, 5.74) is 1.76. The summed E-state index contributed by atoms with van der Waals surface area (Å²) in [5, 5.41) is 21.9. The first kappa shape index (κ1) is 22.6. The van der Waals surface area contributed by atoms with Crippen LogP contribution in [0.2, 0.25) is 5.02 Å². The highest BCUT2D eigenvalue weighted by molar-refractivity contribution is 7.22. The van der Waals surface area contributed by atoms with E-state index in [-0.39, 0.29) is 18.0 Å². The fraction of sp³-hybridized carbons (Fsp3) is 0.100. The Labute approximate surface area is 199 Å². The SMILES string of the molecule is O=C(CCc1csc(NC(=O)Nc2cccc(Cl)c2)n1)Nc1nc2ccc([N+](=O)[O-])cc2s1. The molecule has 2 aromatic carbocycles. The zero-order valence-electron chi connectivity index (χ0n) is 16.7. The largest absolute Gasteiger partial charge is 0.325 e. The molecule has 0 bridgehead atoms. The number of urea groups is 1. The number of halogens is 1. The molecule has 0 saturated heterocycles. The predicted octanol–water partition coefficient (Wildman–Crippen LogP) is 5.53. The van der Waals surface area contributed by atoms with Crippen LogP contribution < -0.4 is 16.0 Å². The van der Waals surface area contributed by atoms with E-state index < -0.39 is 11.0 Å². The molecular weight excluding hydrogens is 488 g/mol. The van der Waals surface area contributed by atoms with Crippen LogP contribution in [0.15, 0.2) is 47.8 Å². The Morgan fingerprint density at radius 2 is 1.91 bits per heavy atom. The summed E-state index contributed by atoms with van der Waals surface area (Å²) in [6.07, 6.45) is 0.532. The van der Waals surface area contributed by atoms with E-state index in [4.69, 9.17) is 11.6 Å². The van der Waals surface area contributed by atoms with Crippen molar-refractivity contribution in [3.63, 3.8) is 0 Å². The lowest BCUT2D eigenvalue weighted by molar-refractivity contribution is -0.384. The normalized spacial score (nSPS) is 10.7. The molecule has 33 heavy (non-hydrogen) atoms. The number of benzene rings is 2. The smallest absolute Gasteiger partial charge is 0.308 e. The van der Waals surface area contributed by atoms with Crippen molar-refractivity contribution in [1.29, 1.82) is 0 Å². The molecule has 0 unspecified atom stereocenters. The van der Waals surface area contributed by atoms with Crippen LogP contribution in [0.1, 0.15) is 12.1 Å². The number of carbonyl (C=O) groups excluding carboxylic acids is 2. The Balaban J connectivity index is 1.28. The molecule has 13 heteroatoms. The molecule has 0 spiro atoms. The quantitative estimate of drug-likeness (QED) is 0.224. The fourth-order valence-corrected chi connectivity index (χ4v) is 4.65. The second-order valence-corrected chi connectivity index (χ2v) is 9.03. The topological polar surface area (TPSA) is 139 Å². The van der Waals surface area contributed by atoms with Gasteiger partial charge in [0.15, 0.2) is 10.3 Å². The lowest BCUT2D eigenvalue weighted by atomic mass is 10.2. The summed E-state index contributed by atoms with van der Waals surface area (Å²) in [4.78, 5) is 43.4. The molecule has 0 atom stereocenters. The third-order valence-corrected chi connectivity index (χ3v) is 6.27. The van der Waals surface area contributed by atoms with Gasteiger partial charge in [0.1, 0.15) is 0 Å². The first-order chi connectivity index (χ1) is 15.9. The lowest BCUT2D eigenvalue weighted by Crippen LogP contribution is -2.19. The number of carbonyl (C=O) groups is 2. The average Bonchev–Trinajstić information content (AvgIpc) is 3.37. The minimum atomic E-state index is -0.477. The van der Waals surface area contributed by atoms with E-state index in [2.05, 4.69) is 25.9 Å². The lowest BCUT2D eigenvalue weighted by Gasteiger charge is -2.05. The number of nitrogens with one attached hydrogen (secondary N) is 3. The van der Waals surface area contributed by atoms with Crippen molar-refractivity contribution in [2.24, 2.45) is 0 Å². The molecule has 2 heterocycles. The van der Waals surface area contributed by atoms with Crippen molar-refractivity contribution in [2.75, 3.05) is 16.0 Å². The van der Waals surface area contributed by atoms with E-state index in [0.717, 1.165) is 0 Å². The first-order valence-corrected chi connectivity index (χ1v) is 11.6. The van der Waals surface area contributed by atoms with Crippen LogP contribution in [-0.4, -0.2) is 26.8 Å². The van der Waals surface area contributed by atoms with Gasteiger partial charge < -0.3 is 10.6 Å². The van der Waals surface area contributed by atoms with Gasteiger partial charge in [-0.1, -0.05) is 29.0 Å². The molecule has 2 aromatic heterocycles. The van der Waals surface area contributed by atoms with Gasteiger partial charge in [-0.2, -0.15) is 0 Å². The molecule has 0 aliphatic rings. The average molecular weight is 503 g/mol.